The van der Waals surface area contributed by atoms with E-state index in [1.54, 1.807) is 0 Å². The molecule has 25 heavy (non-hydrogen) atoms. The Balaban J connectivity index is 1.39. The number of fused-ring (bicyclic) bond motifs is 3. The Morgan fingerprint density at radius 2 is 2.08 bits per heavy atom. The summed E-state index contributed by atoms with van der Waals surface area (Å²) in [6.45, 7) is 1.68. The van der Waals surface area contributed by atoms with Gasteiger partial charge >= 0.3 is 5.97 Å². The molecule has 1 aromatic rings. The number of nitrogens with zero attached hydrogens (tertiary/aromatic N) is 1. The van der Waals surface area contributed by atoms with E-state index >= 15 is 0 Å². The SMILES string of the molecule is O=C([C@@H]1C[C@]12CCOc1ccccc12)N1C[C@@H]2CCC[C@@]2(C(=O)O)C1. The number of ether oxygens (including phenoxy) is 1. The Hall–Kier alpha value is -2.04. The fourth-order valence-corrected chi connectivity index (χ4v) is 5.71. The Bertz CT molecular complexity index is 762. The van der Waals surface area contributed by atoms with Gasteiger partial charge in [-0.05, 0) is 37.7 Å². The van der Waals surface area contributed by atoms with Crippen LogP contribution >= 0.6 is 0 Å². The van der Waals surface area contributed by atoms with Crippen LogP contribution in [0.5, 0.6) is 5.75 Å². The van der Waals surface area contributed by atoms with Crippen molar-refractivity contribution in [2.24, 2.45) is 17.3 Å². The highest BCUT2D eigenvalue weighted by molar-refractivity contribution is 5.87. The van der Waals surface area contributed by atoms with E-state index < -0.39 is 11.4 Å². The van der Waals surface area contributed by atoms with Crippen LogP contribution in [0.25, 0.3) is 0 Å². The van der Waals surface area contributed by atoms with E-state index in [1.807, 2.05) is 23.1 Å². The molecule has 1 aromatic carbocycles. The van der Waals surface area contributed by atoms with E-state index in [1.165, 1.54) is 0 Å². The first kappa shape index (κ1) is 15.2. The van der Waals surface area contributed by atoms with Crippen molar-refractivity contribution in [1.29, 1.82) is 0 Å². The van der Waals surface area contributed by atoms with Gasteiger partial charge in [0.15, 0.2) is 0 Å². The number of carbonyl (C=O) groups excluding carboxylic acids is 1. The highest BCUT2D eigenvalue weighted by Gasteiger charge is 2.64. The molecule has 0 bridgehead atoms. The zero-order valence-corrected chi connectivity index (χ0v) is 14.2. The number of likely N-dealkylation sites (tertiary alicyclic amines) is 1. The van der Waals surface area contributed by atoms with E-state index in [0.717, 1.165) is 37.0 Å². The van der Waals surface area contributed by atoms with Gasteiger partial charge in [-0.25, -0.2) is 0 Å². The Morgan fingerprint density at radius 1 is 1.24 bits per heavy atom. The molecule has 0 unspecified atom stereocenters. The number of carbonyl (C=O) groups is 2. The van der Waals surface area contributed by atoms with Gasteiger partial charge in [0.1, 0.15) is 5.75 Å². The standard InChI is InChI=1S/C20H23NO4/c22-17(21-11-13-4-3-7-20(13,12-21)18(23)24)15-10-19(15)8-9-25-16-6-2-1-5-14(16)19/h1-2,5-6,13,15H,3-4,7-12H2,(H,23,24)/t13-,15-,19-,20+/m0/s1. The molecule has 3 fully saturated rings. The van der Waals surface area contributed by atoms with Crippen molar-refractivity contribution in [3.8, 4) is 5.75 Å². The lowest BCUT2D eigenvalue weighted by atomic mass is 9.81. The second kappa shape index (κ2) is 4.99. The fourth-order valence-electron chi connectivity index (χ4n) is 5.71. The van der Waals surface area contributed by atoms with Gasteiger partial charge < -0.3 is 14.7 Å². The summed E-state index contributed by atoms with van der Waals surface area (Å²) in [5.74, 6) is 0.469. The lowest BCUT2D eigenvalue weighted by Gasteiger charge is -2.28. The third-order valence-electron chi connectivity index (χ3n) is 7.21. The average molecular weight is 341 g/mol. The van der Waals surface area contributed by atoms with Crippen LogP contribution < -0.4 is 4.74 Å². The van der Waals surface area contributed by atoms with Crippen LogP contribution in [0, 0.1) is 17.3 Å². The molecular weight excluding hydrogens is 318 g/mol. The van der Waals surface area contributed by atoms with Crippen molar-refractivity contribution >= 4 is 11.9 Å². The van der Waals surface area contributed by atoms with E-state index in [-0.39, 0.29) is 23.2 Å². The second-order valence-electron chi connectivity index (χ2n) is 8.28. The minimum absolute atomic E-state index is 0.0118. The van der Waals surface area contributed by atoms with Gasteiger partial charge in [0.2, 0.25) is 5.91 Å². The number of carboxylic acid groups (broad SMARTS) is 1. The molecule has 2 saturated carbocycles. The molecule has 4 atom stereocenters. The minimum atomic E-state index is -0.716. The van der Waals surface area contributed by atoms with Gasteiger partial charge in [0.25, 0.3) is 0 Å². The Kier molecular flexibility index (Phi) is 3.04. The summed E-state index contributed by atoms with van der Waals surface area (Å²) in [5.41, 5.74) is 0.387. The van der Waals surface area contributed by atoms with Crippen LogP contribution in [0.2, 0.25) is 0 Å². The van der Waals surface area contributed by atoms with Crippen molar-refractivity contribution in [3.63, 3.8) is 0 Å². The maximum atomic E-state index is 13.2. The van der Waals surface area contributed by atoms with Crippen molar-refractivity contribution in [3.05, 3.63) is 29.8 Å². The number of carboxylic acids is 1. The summed E-state index contributed by atoms with van der Waals surface area (Å²) >= 11 is 0. The molecule has 2 aliphatic carbocycles. The predicted molar refractivity (Wildman–Crippen MR) is 90.3 cm³/mol. The van der Waals surface area contributed by atoms with Gasteiger partial charge in [-0.2, -0.15) is 0 Å². The molecule has 1 saturated heterocycles. The van der Waals surface area contributed by atoms with E-state index in [9.17, 15) is 14.7 Å². The zero-order chi connectivity index (χ0) is 17.2. The molecule has 5 heteroatoms. The molecule has 4 aliphatic rings. The van der Waals surface area contributed by atoms with Crippen LogP contribution in [-0.4, -0.2) is 41.6 Å². The molecule has 1 amide bonds. The zero-order valence-electron chi connectivity index (χ0n) is 14.2. The van der Waals surface area contributed by atoms with Crippen LogP contribution in [0.3, 0.4) is 0 Å². The number of rotatable bonds is 2. The number of hydrogen-bond acceptors (Lipinski definition) is 3. The van der Waals surface area contributed by atoms with Crippen LogP contribution in [-0.2, 0) is 15.0 Å². The highest BCUT2D eigenvalue weighted by Crippen LogP contribution is 2.62. The first-order chi connectivity index (χ1) is 12.1. The molecule has 1 spiro atoms. The van der Waals surface area contributed by atoms with Crippen molar-refractivity contribution in [2.45, 2.75) is 37.5 Å². The number of hydrogen-bond donors (Lipinski definition) is 1. The van der Waals surface area contributed by atoms with Gasteiger partial charge in [-0.3, -0.25) is 9.59 Å². The molecule has 132 valence electrons. The van der Waals surface area contributed by atoms with Gasteiger partial charge in [0, 0.05) is 30.0 Å². The minimum Gasteiger partial charge on any atom is -0.493 e. The lowest BCUT2D eigenvalue weighted by molar-refractivity contribution is -0.149. The first-order valence-electron chi connectivity index (χ1n) is 9.31. The van der Waals surface area contributed by atoms with Crippen molar-refractivity contribution in [1.82, 2.24) is 4.90 Å². The Morgan fingerprint density at radius 3 is 2.88 bits per heavy atom. The molecule has 1 N–H and O–H groups in total. The number of para-hydroxylation sites is 1. The number of benzene rings is 1. The number of aliphatic carboxylic acids is 1. The van der Waals surface area contributed by atoms with E-state index in [0.29, 0.717) is 26.1 Å². The van der Waals surface area contributed by atoms with E-state index in [2.05, 4.69) is 6.07 Å². The van der Waals surface area contributed by atoms with Crippen molar-refractivity contribution in [2.75, 3.05) is 19.7 Å². The van der Waals surface area contributed by atoms with Crippen molar-refractivity contribution < 1.29 is 19.4 Å². The molecule has 0 aromatic heterocycles. The molecule has 5 nitrogen and oxygen atoms in total. The Labute approximate surface area is 147 Å². The molecule has 2 aliphatic heterocycles. The molecule has 0 radical (unpaired) electrons. The molecular formula is C20H23NO4. The average Bonchev–Trinajstić information content (AvgIpc) is 2.98. The third kappa shape index (κ3) is 1.95. The molecule has 5 rings (SSSR count). The highest BCUT2D eigenvalue weighted by atomic mass is 16.5. The number of amides is 1. The largest absolute Gasteiger partial charge is 0.493 e. The van der Waals surface area contributed by atoms with Gasteiger partial charge in [-0.15, -0.1) is 0 Å². The van der Waals surface area contributed by atoms with Gasteiger partial charge in [0.05, 0.1) is 12.0 Å². The quantitative estimate of drug-likeness (QED) is 0.897. The third-order valence-corrected chi connectivity index (χ3v) is 7.21. The van der Waals surface area contributed by atoms with E-state index in [4.69, 9.17) is 4.74 Å². The first-order valence-corrected chi connectivity index (χ1v) is 9.31. The summed E-state index contributed by atoms with van der Waals surface area (Å²) in [7, 11) is 0. The summed E-state index contributed by atoms with van der Waals surface area (Å²) in [6.07, 6.45) is 4.36. The fraction of sp³-hybridized carbons (Fsp3) is 0.600. The summed E-state index contributed by atoms with van der Waals surface area (Å²) in [5, 5.41) is 9.75. The van der Waals surface area contributed by atoms with Crippen LogP contribution in [0.4, 0.5) is 0 Å². The smallest absolute Gasteiger partial charge is 0.311 e. The predicted octanol–water partition coefficient (Wildman–Crippen LogP) is 2.44. The summed E-state index contributed by atoms with van der Waals surface area (Å²) in [6, 6.07) is 8.04. The normalized spacial score (nSPS) is 38.2. The second-order valence-corrected chi connectivity index (χ2v) is 8.28. The maximum Gasteiger partial charge on any atom is 0.311 e. The lowest BCUT2D eigenvalue weighted by Crippen LogP contribution is -2.38. The van der Waals surface area contributed by atoms with Crippen LogP contribution in [0.15, 0.2) is 24.3 Å². The monoisotopic (exact) mass is 341 g/mol. The molecule has 2 heterocycles. The topological polar surface area (TPSA) is 66.8 Å². The van der Waals surface area contributed by atoms with Crippen LogP contribution in [0.1, 0.15) is 37.7 Å². The maximum absolute atomic E-state index is 13.2. The summed E-state index contributed by atoms with van der Waals surface area (Å²) in [4.78, 5) is 26.9. The van der Waals surface area contributed by atoms with Gasteiger partial charge in [-0.1, -0.05) is 24.6 Å². The summed E-state index contributed by atoms with van der Waals surface area (Å²) < 4.78 is 5.76.